The van der Waals surface area contributed by atoms with Crippen LogP contribution in [0.4, 0.5) is 5.69 Å². The predicted octanol–water partition coefficient (Wildman–Crippen LogP) is 2.36. The standard InChI is InChI=1S/C12H15N5O/c1-8-3-4-14-9(2)12(8)17-7-10(5-11(17)18)6-15-16-13/h3-4,10H,5-7H2,1-2H3. The molecule has 6 heteroatoms. The molecule has 0 spiro atoms. The second-order valence-electron chi connectivity index (χ2n) is 4.55. The van der Waals surface area contributed by atoms with Crippen LogP contribution in [0.2, 0.25) is 0 Å². The van der Waals surface area contributed by atoms with Crippen LogP contribution in [0.3, 0.4) is 0 Å². The summed E-state index contributed by atoms with van der Waals surface area (Å²) in [5.41, 5.74) is 11.1. The molecule has 18 heavy (non-hydrogen) atoms. The third-order valence-corrected chi connectivity index (χ3v) is 3.19. The molecule has 94 valence electrons. The van der Waals surface area contributed by atoms with E-state index >= 15 is 0 Å². The van der Waals surface area contributed by atoms with Crippen LogP contribution in [0.1, 0.15) is 17.7 Å². The monoisotopic (exact) mass is 245 g/mol. The number of aryl methyl sites for hydroxylation is 2. The molecule has 0 aliphatic carbocycles. The maximum absolute atomic E-state index is 12.0. The lowest BCUT2D eigenvalue weighted by atomic mass is 10.1. The van der Waals surface area contributed by atoms with Crippen molar-refractivity contribution in [1.29, 1.82) is 0 Å². The predicted molar refractivity (Wildman–Crippen MR) is 68.2 cm³/mol. The van der Waals surface area contributed by atoms with Crippen LogP contribution >= 0.6 is 0 Å². The van der Waals surface area contributed by atoms with E-state index in [-0.39, 0.29) is 11.8 Å². The summed E-state index contributed by atoms with van der Waals surface area (Å²) in [4.78, 5) is 20.7. The molecule has 0 radical (unpaired) electrons. The van der Waals surface area contributed by atoms with E-state index in [1.807, 2.05) is 19.9 Å². The van der Waals surface area contributed by atoms with Gasteiger partial charge < -0.3 is 4.90 Å². The molecule has 1 aromatic rings. The number of nitrogens with zero attached hydrogens (tertiary/aromatic N) is 5. The van der Waals surface area contributed by atoms with Crippen molar-refractivity contribution >= 4 is 11.6 Å². The highest BCUT2D eigenvalue weighted by Crippen LogP contribution is 2.29. The Kier molecular flexibility index (Phi) is 3.48. The summed E-state index contributed by atoms with van der Waals surface area (Å²) in [6.45, 7) is 4.84. The van der Waals surface area contributed by atoms with Crippen molar-refractivity contribution < 1.29 is 4.79 Å². The highest BCUT2D eigenvalue weighted by atomic mass is 16.2. The molecule has 0 N–H and O–H groups in total. The SMILES string of the molecule is Cc1ccnc(C)c1N1CC(CN=[N+]=[N-])CC1=O. The Bertz CT molecular complexity index is 501. The van der Waals surface area contributed by atoms with E-state index in [1.165, 1.54) is 0 Å². The van der Waals surface area contributed by atoms with Gasteiger partial charge >= 0.3 is 0 Å². The summed E-state index contributed by atoms with van der Waals surface area (Å²) in [5.74, 6) is 0.180. The molecular weight excluding hydrogens is 230 g/mol. The molecule has 6 nitrogen and oxygen atoms in total. The van der Waals surface area contributed by atoms with Crippen LogP contribution in [-0.4, -0.2) is 24.0 Å². The molecule has 1 aromatic heterocycles. The summed E-state index contributed by atoms with van der Waals surface area (Å²) in [7, 11) is 0. The van der Waals surface area contributed by atoms with Gasteiger partial charge in [0.15, 0.2) is 0 Å². The Morgan fingerprint density at radius 1 is 1.61 bits per heavy atom. The minimum atomic E-state index is 0.0762. The summed E-state index contributed by atoms with van der Waals surface area (Å²) < 4.78 is 0. The number of carbonyl (C=O) groups excluding carboxylic acids is 1. The zero-order chi connectivity index (χ0) is 13.1. The molecule has 1 fully saturated rings. The fourth-order valence-corrected chi connectivity index (χ4v) is 2.37. The van der Waals surface area contributed by atoms with Gasteiger partial charge in [-0.25, -0.2) is 0 Å². The smallest absolute Gasteiger partial charge is 0.227 e. The molecule has 2 heterocycles. The third kappa shape index (κ3) is 2.28. The van der Waals surface area contributed by atoms with E-state index in [0.29, 0.717) is 19.5 Å². The first-order valence-corrected chi connectivity index (χ1v) is 5.87. The van der Waals surface area contributed by atoms with Gasteiger partial charge in [-0.3, -0.25) is 9.78 Å². The number of aromatic nitrogens is 1. The van der Waals surface area contributed by atoms with E-state index in [4.69, 9.17) is 5.53 Å². The molecule has 1 amide bonds. The highest BCUT2D eigenvalue weighted by Gasteiger charge is 2.31. The van der Waals surface area contributed by atoms with Gasteiger partial charge in [0.1, 0.15) is 0 Å². The molecule has 0 bridgehead atoms. The molecule has 0 aromatic carbocycles. The fraction of sp³-hybridized carbons (Fsp3) is 0.500. The first-order chi connectivity index (χ1) is 8.63. The number of pyridine rings is 1. The Hall–Kier alpha value is -2.07. The average molecular weight is 245 g/mol. The van der Waals surface area contributed by atoms with Gasteiger partial charge in [-0.1, -0.05) is 5.11 Å². The summed E-state index contributed by atoms with van der Waals surface area (Å²) >= 11 is 0. The maximum atomic E-state index is 12.0. The number of amides is 1. The van der Waals surface area contributed by atoms with Gasteiger partial charge in [0.2, 0.25) is 5.91 Å². The van der Waals surface area contributed by atoms with E-state index in [9.17, 15) is 4.79 Å². The molecule has 1 aliphatic rings. The molecule has 1 aliphatic heterocycles. The van der Waals surface area contributed by atoms with E-state index < -0.39 is 0 Å². The van der Waals surface area contributed by atoms with Crippen molar-refractivity contribution in [2.24, 2.45) is 11.0 Å². The highest BCUT2D eigenvalue weighted by molar-refractivity contribution is 5.96. The number of carbonyl (C=O) groups is 1. The quantitative estimate of drug-likeness (QED) is 0.465. The normalized spacial score (nSPS) is 18.9. The molecule has 0 saturated carbocycles. The largest absolute Gasteiger partial charge is 0.310 e. The topological polar surface area (TPSA) is 82.0 Å². The first kappa shape index (κ1) is 12.4. The van der Waals surface area contributed by atoms with Gasteiger partial charge in [-0.05, 0) is 36.9 Å². The minimum Gasteiger partial charge on any atom is -0.310 e. The average Bonchev–Trinajstić information content (AvgIpc) is 2.68. The number of azide groups is 1. The van der Waals surface area contributed by atoms with Crippen LogP contribution < -0.4 is 4.90 Å². The Morgan fingerprint density at radius 2 is 2.39 bits per heavy atom. The van der Waals surface area contributed by atoms with Crippen molar-refractivity contribution in [3.63, 3.8) is 0 Å². The van der Waals surface area contributed by atoms with Gasteiger partial charge in [0, 0.05) is 30.6 Å². The zero-order valence-electron chi connectivity index (χ0n) is 10.5. The van der Waals surface area contributed by atoms with E-state index in [1.54, 1.807) is 11.1 Å². The van der Waals surface area contributed by atoms with Crippen LogP contribution in [-0.2, 0) is 4.79 Å². The molecule has 1 unspecified atom stereocenters. The van der Waals surface area contributed by atoms with Crippen LogP contribution in [0.15, 0.2) is 17.4 Å². The molecule has 1 atom stereocenters. The molecule has 2 rings (SSSR count). The van der Waals surface area contributed by atoms with Crippen molar-refractivity contribution in [2.45, 2.75) is 20.3 Å². The second kappa shape index (κ2) is 5.06. The van der Waals surface area contributed by atoms with Gasteiger partial charge in [-0.2, -0.15) is 0 Å². The summed E-state index contributed by atoms with van der Waals surface area (Å²) in [6.07, 6.45) is 2.18. The Labute approximate surface area is 105 Å². The van der Waals surface area contributed by atoms with E-state index in [0.717, 1.165) is 16.9 Å². The van der Waals surface area contributed by atoms with Gasteiger partial charge in [0.05, 0.1) is 11.4 Å². The number of anilines is 1. The Balaban J connectivity index is 2.24. The number of rotatable bonds is 3. The lowest BCUT2D eigenvalue weighted by Gasteiger charge is -2.20. The van der Waals surface area contributed by atoms with Crippen LogP contribution in [0.25, 0.3) is 10.4 Å². The van der Waals surface area contributed by atoms with Crippen molar-refractivity contribution in [3.8, 4) is 0 Å². The summed E-state index contributed by atoms with van der Waals surface area (Å²) in [6, 6.07) is 1.90. The third-order valence-electron chi connectivity index (χ3n) is 3.19. The van der Waals surface area contributed by atoms with Crippen molar-refractivity contribution in [1.82, 2.24) is 4.98 Å². The molecular formula is C12H15N5O. The second-order valence-corrected chi connectivity index (χ2v) is 4.55. The molecule has 1 saturated heterocycles. The van der Waals surface area contributed by atoms with E-state index in [2.05, 4.69) is 15.0 Å². The number of hydrogen-bond acceptors (Lipinski definition) is 3. The summed E-state index contributed by atoms with van der Waals surface area (Å²) in [5, 5.41) is 3.55. The fourth-order valence-electron chi connectivity index (χ4n) is 2.37. The van der Waals surface area contributed by atoms with Crippen LogP contribution in [0, 0.1) is 19.8 Å². The number of hydrogen-bond donors (Lipinski definition) is 0. The van der Waals surface area contributed by atoms with Gasteiger partial charge in [0.25, 0.3) is 0 Å². The Morgan fingerprint density at radius 3 is 3.06 bits per heavy atom. The minimum absolute atomic E-state index is 0.0762. The van der Waals surface area contributed by atoms with Crippen molar-refractivity contribution in [2.75, 3.05) is 18.0 Å². The lowest BCUT2D eigenvalue weighted by Crippen LogP contribution is -2.26. The maximum Gasteiger partial charge on any atom is 0.227 e. The zero-order valence-corrected chi connectivity index (χ0v) is 10.5. The van der Waals surface area contributed by atoms with Crippen molar-refractivity contribution in [3.05, 3.63) is 34.0 Å². The first-order valence-electron chi connectivity index (χ1n) is 5.87. The van der Waals surface area contributed by atoms with Gasteiger partial charge in [-0.15, -0.1) is 0 Å². The van der Waals surface area contributed by atoms with Crippen LogP contribution in [0.5, 0.6) is 0 Å². The lowest BCUT2D eigenvalue weighted by molar-refractivity contribution is -0.117.